The van der Waals surface area contributed by atoms with Gasteiger partial charge in [0.05, 0.1) is 19.1 Å². The summed E-state index contributed by atoms with van der Waals surface area (Å²) in [5.74, 6) is -0.288. The summed E-state index contributed by atoms with van der Waals surface area (Å²) in [6.07, 6.45) is 4.39. The van der Waals surface area contributed by atoms with Gasteiger partial charge in [-0.05, 0) is 32.6 Å². The van der Waals surface area contributed by atoms with E-state index in [1.54, 1.807) is 6.92 Å². The molecular formula is C11H15NO2. The first-order valence-electron chi connectivity index (χ1n) is 5.04. The summed E-state index contributed by atoms with van der Waals surface area (Å²) in [5.41, 5.74) is 1.78. The molecule has 0 aromatic heterocycles. The third kappa shape index (κ3) is 2.88. The van der Waals surface area contributed by atoms with Crippen molar-refractivity contribution in [2.24, 2.45) is 0 Å². The van der Waals surface area contributed by atoms with Gasteiger partial charge in [0.15, 0.2) is 0 Å². The molecule has 1 aliphatic rings. The van der Waals surface area contributed by atoms with Crippen molar-refractivity contribution in [3.63, 3.8) is 0 Å². The van der Waals surface area contributed by atoms with E-state index in [9.17, 15) is 4.79 Å². The number of nitriles is 1. The lowest BCUT2D eigenvalue weighted by Gasteiger charge is -2.03. The van der Waals surface area contributed by atoms with Crippen molar-refractivity contribution in [3.8, 4) is 6.07 Å². The lowest BCUT2D eigenvalue weighted by molar-refractivity contribution is -0.142. The normalized spacial score (nSPS) is 15.0. The predicted molar refractivity (Wildman–Crippen MR) is 52.4 cm³/mol. The smallest absolute Gasteiger partial charge is 0.310 e. The molecule has 1 saturated carbocycles. The van der Waals surface area contributed by atoms with Crippen molar-refractivity contribution in [3.05, 3.63) is 11.1 Å². The summed E-state index contributed by atoms with van der Waals surface area (Å²) >= 11 is 0. The number of allylic oxidation sites excluding steroid dienone is 1. The highest BCUT2D eigenvalue weighted by molar-refractivity contribution is 5.74. The van der Waals surface area contributed by atoms with Crippen LogP contribution in [0.3, 0.4) is 0 Å². The van der Waals surface area contributed by atoms with Gasteiger partial charge in [-0.15, -0.1) is 0 Å². The average Bonchev–Trinajstić information content (AvgIpc) is 2.67. The zero-order valence-electron chi connectivity index (χ0n) is 8.51. The van der Waals surface area contributed by atoms with Crippen LogP contribution < -0.4 is 0 Å². The summed E-state index contributed by atoms with van der Waals surface area (Å²) in [4.78, 5) is 11.2. The number of carbonyl (C=O) groups is 1. The number of hydrogen-bond acceptors (Lipinski definition) is 3. The fourth-order valence-electron chi connectivity index (χ4n) is 1.70. The van der Waals surface area contributed by atoms with Gasteiger partial charge < -0.3 is 4.74 Å². The Morgan fingerprint density at radius 1 is 1.50 bits per heavy atom. The van der Waals surface area contributed by atoms with E-state index in [-0.39, 0.29) is 12.4 Å². The van der Waals surface area contributed by atoms with E-state index in [1.807, 2.05) is 0 Å². The molecule has 0 amide bonds. The molecule has 0 bridgehead atoms. The Hall–Kier alpha value is -1.30. The third-order valence-electron chi connectivity index (χ3n) is 2.40. The van der Waals surface area contributed by atoms with E-state index >= 15 is 0 Å². The van der Waals surface area contributed by atoms with Crippen LogP contribution in [0.2, 0.25) is 0 Å². The van der Waals surface area contributed by atoms with Crippen LogP contribution in [0, 0.1) is 11.3 Å². The molecule has 76 valence electrons. The molecular weight excluding hydrogens is 178 g/mol. The van der Waals surface area contributed by atoms with E-state index in [0.29, 0.717) is 12.2 Å². The number of hydrogen-bond donors (Lipinski definition) is 0. The zero-order chi connectivity index (χ0) is 10.4. The van der Waals surface area contributed by atoms with Crippen LogP contribution in [0.25, 0.3) is 0 Å². The number of nitrogens with zero attached hydrogens (tertiary/aromatic N) is 1. The summed E-state index contributed by atoms with van der Waals surface area (Å²) in [7, 11) is 0. The molecule has 3 nitrogen and oxygen atoms in total. The Labute approximate surface area is 84.4 Å². The first-order chi connectivity index (χ1) is 6.77. The number of esters is 1. The summed E-state index contributed by atoms with van der Waals surface area (Å²) in [6.45, 7) is 2.15. The van der Waals surface area contributed by atoms with Crippen LogP contribution in [-0.2, 0) is 9.53 Å². The van der Waals surface area contributed by atoms with E-state index in [2.05, 4.69) is 6.07 Å². The van der Waals surface area contributed by atoms with Gasteiger partial charge in [0.25, 0.3) is 0 Å². The molecule has 3 heteroatoms. The number of carbonyl (C=O) groups excluding carboxylic acids is 1. The highest BCUT2D eigenvalue weighted by Crippen LogP contribution is 2.28. The SMILES string of the molecule is CCOC(=O)CC(C#N)=C1CCCC1. The van der Waals surface area contributed by atoms with Crippen molar-refractivity contribution in [2.45, 2.75) is 39.0 Å². The third-order valence-corrected chi connectivity index (χ3v) is 2.40. The van der Waals surface area contributed by atoms with Gasteiger partial charge in [-0.25, -0.2) is 0 Å². The highest BCUT2D eigenvalue weighted by Gasteiger charge is 2.15. The van der Waals surface area contributed by atoms with Crippen molar-refractivity contribution in [1.29, 1.82) is 5.26 Å². The highest BCUT2D eigenvalue weighted by atomic mass is 16.5. The Morgan fingerprint density at radius 2 is 2.14 bits per heavy atom. The topological polar surface area (TPSA) is 50.1 Å². The number of ether oxygens (including phenoxy) is 1. The molecule has 0 aromatic rings. The van der Waals surface area contributed by atoms with Gasteiger partial charge in [-0.3, -0.25) is 4.79 Å². The summed E-state index contributed by atoms with van der Waals surface area (Å²) in [5, 5.41) is 8.89. The Balaban J connectivity index is 2.59. The molecule has 0 N–H and O–H groups in total. The molecule has 0 aromatic carbocycles. The molecule has 0 heterocycles. The maximum atomic E-state index is 11.2. The van der Waals surface area contributed by atoms with Gasteiger partial charge >= 0.3 is 5.97 Å². The first kappa shape index (κ1) is 10.8. The fraction of sp³-hybridized carbons (Fsp3) is 0.636. The lowest BCUT2D eigenvalue weighted by Crippen LogP contribution is -2.05. The Morgan fingerprint density at radius 3 is 2.64 bits per heavy atom. The molecule has 0 saturated heterocycles. The maximum absolute atomic E-state index is 11.2. The van der Waals surface area contributed by atoms with E-state index in [1.165, 1.54) is 0 Å². The van der Waals surface area contributed by atoms with Crippen LogP contribution in [0.5, 0.6) is 0 Å². The monoisotopic (exact) mass is 193 g/mol. The van der Waals surface area contributed by atoms with Gasteiger partial charge in [-0.2, -0.15) is 5.26 Å². The van der Waals surface area contributed by atoms with Crippen molar-refractivity contribution < 1.29 is 9.53 Å². The molecule has 0 spiro atoms. The van der Waals surface area contributed by atoms with E-state index < -0.39 is 0 Å². The van der Waals surface area contributed by atoms with Gasteiger partial charge in [0.2, 0.25) is 0 Å². The standard InChI is InChI=1S/C11H15NO2/c1-2-14-11(13)7-10(8-12)9-5-3-4-6-9/h2-7H2,1H3. The summed E-state index contributed by atoms with van der Waals surface area (Å²) in [6, 6.07) is 2.11. The molecule has 1 rings (SSSR count). The zero-order valence-corrected chi connectivity index (χ0v) is 8.51. The lowest BCUT2D eigenvalue weighted by atomic mass is 10.1. The second-order valence-corrected chi connectivity index (χ2v) is 3.38. The van der Waals surface area contributed by atoms with Crippen LogP contribution in [0.4, 0.5) is 0 Å². The van der Waals surface area contributed by atoms with E-state index in [0.717, 1.165) is 31.3 Å². The van der Waals surface area contributed by atoms with Crippen molar-refractivity contribution in [2.75, 3.05) is 6.61 Å². The molecule has 1 aliphatic carbocycles. The van der Waals surface area contributed by atoms with Gasteiger partial charge in [-0.1, -0.05) is 5.57 Å². The average molecular weight is 193 g/mol. The van der Waals surface area contributed by atoms with Gasteiger partial charge in [0, 0.05) is 5.57 Å². The maximum Gasteiger partial charge on any atom is 0.310 e. The summed E-state index contributed by atoms with van der Waals surface area (Å²) < 4.78 is 4.81. The molecule has 1 fully saturated rings. The molecule has 0 radical (unpaired) electrons. The second-order valence-electron chi connectivity index (χ2n) is 3.38. The minimum atomic E-state index is -0.288. The molecule has 14 heavy (non-hydrogen) atoms. The van der Waals surface area contributed by atoms with Crippen molar-refractivity contribution in [1.82, 2.24) is 0 Å². The Bertz CT molecular complexity index is 278. The molecule has 0 unspecified atom stereocenters. The van der Waals surface area contributed by atoms with Crippen LogP contribution >= 0.6 is 0 Å². The Kier molecular flexibility index (Phi) is 4.18. The fourth-order valence-corrected chi connectivity index (χ4v) is 1.70. The molecule has 0 atom stereocenters. The van der Waals surface area contributed by atoms with Crippen molar-refractivity contribution >= 4 is 5.97 Å². The molecule has 0 aliphatic heterocycles. The first-order valence-corrected chi connectivity index (χ1v) is 5.04. The van der Waals surface area contributed by atoms with Crippen LogP contribution in [-0.4, -0.2) is 12.6 Å². The minimum absolute atomic E-state index is 0.152. The van der Waals surface area contributed by atoms with Crippen LogP contribution in [0.15, 0.2) is 11.1 Å². The second kappa shape index (κ2) is 5.43. The minimum Gasteiger partial charge on any atom is -0.466 e. The number of rotatable bonds is 3. The van der Waals surface area contributed by atoms with E-state index in [4.69, 9.17) is 10.00 Å². The van der Waals surface area contributed by atoms with Crippen LogP contribution in [0.1, 0.15) is 39.0 Å². The largest absolute Gasteiger partial charge is 0.466 e. The predicted octanol–water partition coefficient (Wildman–Crippen LogP) is 2.33. The quantitative estimate of drug-likeness (QED) is 0.510. The van der Waals surface area contributed by atoms with Gasteiger partial charge in [0.1, 0.15) is 0 Å².